The molecule has 0 fully saturated rings. The first-order chi connectivity index (χ1) is 9.58. The summed E-state index contributed by atoms with van der Waals surface area (Å²) in [5.74, 6) is 0.908. The molecular formula is C16H21N3O. The second kappa shape index (κ2) is 4.94. The van der Waals surface area contributed by atoms with Gasteiger partial charge in [-0.2, -0.15) is 5.10 Å². The normalized spacial score (nSPS) is 21.4. The lowest BCUT2D eigenvalue weighted by atomic mass is 9.92. The van der Waals surface area contributed by atoms with Gasteiger partial charge >= 0.3 is 0 Å². The lowest BCUT2D eigenvalue weighted by molar-refractivity contribution is 0.160. The fourth-order valence-electron chi connectivity index (χ4n) is 2.91. The summed E-state index contributed by atoms with van der Waals surface area (Å²) in [7, 11) is 1.95. The lowest BCUT2D eigenvalue weighted by Gasteiger charge is -2.30. The number of hydrogen-bond acceptors (Lipinski definition) is 3. The van der Waals surface area contributed by atoms with Crippen LogP contribution in [0.4, 0.5) is 0 Å². The van der Waals surface area contributed by atoms with Gasteiger partial charge in [-0.25, -0.2) is 0 Å². The molecule has 1 aromatic carbocycles. The van der Waals surface area contributed by atoms with Crippen molar-refractivity contribution in [3.05, 3.63) is 46.8 Å². The minimum Gasteiger partial charge on any atom is -0.485 e. The lowest BCUT2D eigenvalue weighted by Crippen LogP contribution is -2.24. The molecule has 3 rings (SSSR count). The van der Waals surface area contributed by atoms with Crippen LogP contribution in [0.25, 0.3) is 0 Å². The molecule has 1 aliphatic heterocycles. The van der Waals surface area contributed by atoms with E-state index in [0.29, 0.717) is 0 Å². The van der Waals surface area contributed by atoms with Crippen LogP contribution in [0.15, 0.2) is 24.4 Å². The number of aryl methyl sites for hydroxylation is 3. The van der Waals surface area contributed by atoms with Crippen molar-refractivity contribution < 1.29 is 4.74 Å². The summed E-state index contributed by atoms with van der Waals surface area (Å²) in [6, 6.07) is 6.24. The first-order valence-electron chi connectivity index (χ1n) is 7.13. The number of ether oxygens (including phenoxy) is 1. The largest absolute Gasteiger partial charge is 0.485 e. The van der Waals surface area contributed by atoms with Crippen LogP contribution < -0.4 is 10.5 Å². The van der Waals surface area contributed by atoms with Crippen LogP contribution in [0.1, 0.15) is 47.9 Å². The Kier molecular flexibility index (Phi) is 3.26. The summed E-state index contributed by atoms with van der Waals surface area (Å²) in [5.41, 5.74) is 10.9. The number of rotatable bonds is 2. The molecule has 2 heterocycles. The fraction of sp³-hybridized carbons (Fsp3) is 0.438. The quantitative estimate of drug-likeness (QED) is 0.913. The standard InChI is InChI=1S/C16H21N3O/c1-4-14-12(9-19(3)18-14)16-8-13(17)11-7-10(2)5-6-15(11)20-16/h5-7,9,13,16H,4,8,17H2,1-3H3/t13-,16?/m1/s1. The van der Waals surface area contributed by atoms with E-state index in [-0.39, 0.29) is 12.1 Å². The average molecular weight is 271 g/mol. The molecule has 0 radical (unpaired) electrons. The van der Waals surface area contributed by atoms with Gasteiger partial charge in [-0.05, 0) is 19.4 Å². The van der Waals surface area contributed by atoms with Gasteiger partial charge in [0, 0.05) is 36.8 Å². The molecule has 0 amide bonds. The molecular weight excluding hydrogens is 250 g/mol. The summed E-state index contributed by atoms with van der Waals surface area (Å²) in [4.78, 5) is 0. The minimum atomic E-state index is 0.00357. The molecule has 4 heteroatoms. The number of benzene rings is 1. The van der Waals surface area contributed by atoms with E-state index in [9.17, 15) is 0 Å². The van der Waals surface area contributed by atoms with Gasteiger partial charge in [0.25, 0.3) is 0 Å². The highest BCUT2D eigenvalue weighted by Gasteiger charge is 2.29. The Balaban J connectivity index is 1.96. The molecule has 0 aliphatic carbocycles. The number of aromatic nitrogens is 2. The number of nitrogens with two attached hydrogens (primary N) is 1. The van der Waals surface area contributed by atoms with Gasteiger partial charge in [-0.3, -0.25) is 4.68 Å². The maximum atomic E-state index is 6.33. The Morgan fingerprint density at radius 3 is 2.95 bits per heavy atom. The first-order valence-corrected chi connectivity index (χ1v) is 7.13. The van der Waals surface area contributed by atoms with Gasteiger partial charge in [0.15, 0.2) is 0 Å². The molecule has 0 saturated heterocycles. The van der Waals surface area contributed by atoms with Gasteiger partial charge < -0.3 is 10.5 Å². The fourth-order valence-corrected chi connectivity index (χ4v) is 2.91. The van der Waals surface area contributed by atoms with Crippen molar-refractivity contribution in [1.29, 1.82) is 0 Å². The van der Waals surface area contributed by atoms with Crippen molar-refractivity contribution in [2.45, 2.75) is 38.8 Å². The summed E-state index contributed by atoms with van der Waals surface area (Å²) < 4.78 is 8.02. The second-order valence-electron chi connectivity index (χ2n) is 5.55. The van der Waals surface area contributed by atoms with Gasteiger partial charge in [0.1, 0.15) is 11.9 Å². The number of hydrogen-bond donors (Lipinski definition) is 1. The van der Waals surface area contributed by atoms with Gasteiger partial charge in [-0.1, -0.05) is 24.6 Å². The van der Waals surface area contributed by atoms with Crippen LogP contribution in [-0.4, -0.2) is 9.78 Å². The van der Waals surface area contributed by atoms with E-state index in [4.69, 9.17) is 10.5 Å². The van der Waals surface area contributed by atoms with Gasteiger partial charge in [0.05, 0.1) is 5.69 Å². The first kappa shape index (κ1) is 13.2. The highest BCUT2D eigenvalue weighted by atomic mass is 16.5. The molecule has 2 N–H and O–H groups in total. The van der Waals surface area contributed by atoms with E-state index in [1.807, 2.05) is 17.8 Å². The maximum absolute atomic E-state index is 6.33. The predicted octanol–water partition coefficient (Wildman–Crippen LogP) is 2.81. The monoisotopic (exact) mass is 271 g/mol. The minimum absolute atomic E-state index is 0.00357. The van der Waals surface area contributed by atoms with Crippen molar-refractivity contribution in [3.8, 4) is 5.75 Å². The SMILES string of the molecule is CCc1nn(C)cc1C1C[C@@H](N)c2cc(C)ccc2O1. The van der Waals surface area contributed by atoms with E-state index in [1.165, 1.54) is 5.56 Å². The molecule has 1 unspecified atom stereocenters. The van der Waals surface area contributed by atoms with Crippen molar-refractivity contribution >= 4 is 0 Å². The van der Waals surface area contributed by atoms with Crippen molar-refractivity contribution in [1.82, 2.24) is 9.78 Å². The van der Waals surface area contributed by atoms with E-state index in [0.717, 1.165) is 35.4 Å². The highest BCUT2D eigenvalue weighted by Crippen LogP contribution is 2.40. The highest BCUT2D eigenvalue weighted by molar-refractivity contribution is 5.41. The topological polar surface area (TPSA) is 53.1 Å². The van der Waals surface area contributed by atoms with E-state index in [2.05, 4.69) is 37.3 Å². The Morgan fingerprint density at radius 2 is 2.20 bits per heavy atom. The van der Waals surface area contributed by atoms with Gasteiger partial charge in [-0.15, -0.1) is 0 Å². The van der Waals surface area contributed by atoms with Gasteiger partial charge in [0.2, 0.25) is 0 Å². The molecule has 4 nitrogen and oxygen atoms in total. The van der Waals surface area contributed by atoms with Crippen LogP contribution in [0, 0.1) is 6.92 Å². The van der Waals surface area contributed by atoms with Crippen molar-refractivity contribution in [2.24, 2.45) is 12.8 Å². The third kappa shape index (κ3) is 2.20. The number of nitrogens with zero attached hydrogens (tertiary/aromatic N) is 2. The zero-order chi connectivity index (χ0) is 14.3. The zero-order valence-corrected chi connectivity index (χ0v) is 12.3. The molecule has 2 aromatic rings. The van der Waals surface area contributed by atoms with Crippen LogP contribution >= 0.6 is 0 Å². The van der Waals surface area contributed by atoms with Crippen LogP contribution in [0.2, 0.25) is 0 Å². The third-order valence-corrected chi connectivity index (χ3v) is 3.92. The van der Waals surface area contributed by atoms with E-state index >= 15 is 0 Å². The predicted molar refractivity (Wildman–Crippen MR) is 78.7 cm³/mol. The molecule has 2 atom stereocenters. The van der Waals surface area contributed by atoms with E-state index in [1.54, 1.807) is 0 Å². The maximum Gasteiger partial charge on any atom is 0.129 e. The third-order valence-electron chi connectivity index (χ3n) is 3.92. The molecule has 1 aliphatic rings. The Morgan fingerprint density at radius 1 is 1.40 bits per heavy atom. The Hall–Kier alpha value is -1.81. The van der Waals surface area contributed by atoms with E-state index < -0.39 is 0 Å². The summed E-state index contributed by atoms with van der Waals surface area (Å²) in [5, 5.41) is 4.50. The van der Waals surface area contributed by atoms with Crippen LogP contribution in [0.3, 0.4) is 0 Å². The van der Waals surface area contributed by atoms with Crippen molar-refractivity contribution in [2.75, 3.05) is 0 Å². The Bertz CT molecular complexity index is 633. The smallest absolute Gasteiger partial charge is 0.129 e. The summed E-state index contributed by atoms with van der Waals surface area (Å²) >= 11 is 0. The summed E-state index contributed by atoms with van der Waals surface area (Å²) in [6.45, 7) is 4.20. The molecule has 1 aromatic heterocycles. The molecule has 106 valence electrons. The second-order valence-corrected chi connectivity index (χ2v) is 5.55. The van der Waals surface area contributed by atoms with Crippen molar-refractivity contribution in [3.63, 3.8) is 0 Å². The summed E-state index contributed by atoms with van der Waals surface area (Å²) in [6.07, 6.45) is 3.76. The number of fused-ring (bicyclic) bond motifs is 1. The molecule has 0 bridgehead atoms. The molecule has 20 heavy (non-hydrogen) atoms. The van der Waals surface area contributed by atoms with Crippen LogP contribution in [-0.2, 0) is 13.5 Å². The van der Waals surface area contributed by atoms with Crippen LogP contribution in [0.5, 0.6) is 5.75 Å². The average Bonchev–Trinajstić information content (AvgIpc) is 2.80. The Labute approximate surface area is 119 Å². The zero-order valence-electron chi connectivity index (χ0n) is 12.3. The molecule has 0 saturated carbocycles. The molecule has 0 spiro atoms.